The molecule has 1 heterocycles. The minimum Gasteiger partial charge on any atom is -0.250 e. The maximum absolute atomic E-state index is 4.25. The van der Waals surface area contributed by atoms with E-state index in [2.05, 4.69) is 46.4 Å². The van der Waals surface area contributed by atoms with E-state index in [1.54, 1.807) is 6.33 Å². The third-order valence-corrected chi connectivity index (χ3v) is 3.64. The molecular weight excluding hydrogens is 242 g/mol. The van der Waals surface area contributed by atoms with Gasteiger partial charge in [-0.15, -0.1) is 6.58 Å². The van der Waals surface area contributed by atoms with Crippen molar-refractivity contribution in [2.45, 2.75) is 26.8 Å². The van der Waals surface area contributed by atoms with Crippen LogP contribution in [-0.4, -0.2) is 20.1 Å². The SMILES string of the molecule is C=CC(C)(CBr)Cc1ncnn1CC. The van der Waals surface area contributed by atoms with Gasteiger partial charge in [0.15, 0.2) is 0 Å². The van der Waals surface area contributed by atoms with E-state index in [-0.39, 0.29) is 5.41 Å². The van der Waals surface area contributed by atoms with E-state index in [0.29, 0.717) is 0 Å². The number of alkyl halides is 1. The lowest BCUT2D eigenvalue weighted by Gasteiger charge is -2.22. The number of nitrogens with zero attached hydrogens (tertiary/aromatic N) is 3. The third kappa shape index (κ3) is 2.44. The van der Waals surface area contributed by atoms with E-state index >= 15 is 0 Å². The molecule has 0 aliphatic heterocycles. The van der Waals surface area contributed by atoms with Crippen molar-refractivity contribution in [3.8, 4) is 0 Å². The first-order valence-electron chi connectivity index (χ1n) is 4.71. The molecule has 1 unspecified atom stereocenters. The zero-order valence-corrected chi connectivity index (χ0v) is 10.3. The number of hydrogen-bond donors (Lipinski definition) is 0. The first kappa shape index (κ1) is 11.4. The lowest BCUT2D eigenvalue weighted by Crippen LogP contribution is -2.21. The van der Waals surface area contributed by atoms with Crippen LogP contribution in [0.25, 0.3) is 0 Å². The number of hydrogen-bond acceptors (Lipinski definition) is 2. The third-order valence-electron chi connectivity index (χ3n) is 2.36. The fourth-order valence-electron chi connectivity index (χ4n) is 1.22. The minimum atomic E-state index is 0.0555. The summed E-state index contributed by atoms with van der Waals surface area (Å²) in [6.07, 6.45) is 4.45. The Morgan fingerprint density at radius 2 is 2.43 bits per heavy atom. The van der Waals surface area contributed by atoms with Gasteiger partial charge in [0.05, 0.1) is 0 Å². The molecule has 4 heteroatoms. The molecule has 1 aromatic rings. The van der Waals surface area contributed by atoms with E-state index in [0.717, 1.165) is 24.1 Å². The predicted molar refractivity (Wildman–Crippen MR) is 61.5 cm³/mol. The lowest BCUT2D eigenvalue weighted by atomic mass is 9.89. The van der Waals surface area contributed by atoms with Crippen LogP contribution < -0.4 is 0 Å². The number of allylic oxidation sites excluding steroid dienone is 1. The van der Waals surface area contributed by atoms with Gasteiger partial charge in [0.1, 0.15) is 12.2 Å². The number of halogens is 1. The largest absolute Gasteiger partial charge is 0.250 e. The summed E-state index contributed by atoms with van der Waals surface area (Å²) in [5.74, 6) is 1.02. The Bertz CT molecular complexity index is 308. The molecule has 0 N–H and O–H groups in total. The van der Waals surface area contributed by atoms with Gasteiger partial charge in [0.2, 0.25) is 0 Å². The Labute approximate surface area is 93.4 Å². The second-order valence-corrected chi connectivity index (χ2v) is 4.22. The molecule has 0 fully saturated rings. The van der Waals surface area contributed by atoms with Crippen LogP contribution in [0.5, 0.6) is 0 Å². The fraction of sp³-hybridized carbons (Fsp3) is 0.600. The molecule has 1 aromatic heterocycles. The molecule has 0 saturated carbocycles. The first-order valence-corrected chi connectivity index (χ1v) is 5.83. The van der Waals surface area contributed by atoms with Gasteiger partial charge in [-0.3, -0.25) is 4.68 Å². The van der Waals surface area contributed by atoms with Crippen LogP contribution in [0.1, 0.15) is 19.7 Å². The second-order valence-electron chi connectivity index (χ2n) is 3.66. The Hall–Kier alpha value is -0.640. The van der Waals surface area contributed by atoms with Crippen molar-refractivity contribution in [1.82, 2.24) is 14.8 Å². The fourth-order valence-corrected chi connectivity index (χ4v) is 1.65. The lowest BCUT2D eigenvalue weighted by molar-refractivity contribution is 0.456. The maximum atomic E-state index is 4.25. The molecule has 0 aliphatic carbocycles. The summed E-state index contributed by atoms with van der Waals surface area (Å²) >= 11 is 3.50. The topological polar surface area (TPSA) is 30.7 Å². The van der Waals surface area contributed by atoms with E-state index < -0.39 is 0 Å². The van der Waals surface area contributed by atoms with Crippen LogP contribution >= 0.6 is 15.9 Å². The van der Waals surface area contributed by atoms with Gasteiger partial charge >= 0.3 is 0 Å². The van der Waals surface area contributed by atoms with Gasteiger partial charge in [0.25, 0.3) is 0 Å². The van der Waals surface area contributed by atoms with Gasteiger partial charge in [-0.25, -0.2) is 4.98 Å². The zero-order chi connectivity index (χ0) is 10.6. The van der Waals surface area contributed by atoms with Crippen LogP contribution in [0.4, 0.5) is 0 Å². The van der Waals surface area contributed by atoms with Crippen LogP contribution in [0.2, 0.25) is 0 Å². The highest BCUT2D eigenvalue weighted by atomic mass is 79.9. The van der Waals surface area contributed by atoms with Crippen LogP contribution in [0, 0.1) is 5.41 Å². The quantitative estimate of drug-likeness (QED) is 0.600. The number of aromatic nitrogens is 3. The van der Waals surface area contributed by atoms with Crippen molar-refractivity contribution in [2.24, 2.45) is 5.41 Å². The highest BCUT2D eigenvalue weighted by molar-refractivity contribution is 9.09. The molecular formula is C10H16BrN3. The molecule has 78 valence electrons. The van der Waals surface area contributed by atoms with E-state index in [9.17, 15) is 0 Å². The summed E-state index contributed by atoms with van der Waals surface area (Å²) < 4.78 is 1.92. The Balaban J connectivity index is 2.81. The van der Waals surface area contributed by atoms with Crippen LogP contribution in [0.3, 0.4) is 0 Å². The summed E-state index contributed by atoms with van der Waals surface area (Å²) in [6.45, 7) is 8.94. The Morgan fingerprint density at radius 3 is 2.93 bits per heavy atom. The Morgan fingerprint density at radius 1 is 1.71 bits per heavy atom. The Kier molecular flexibility index (Phi) is 3.86. The normalized spacial score (nSPS) is 15.1. The number of aryl methyl sites for hydroxylation is 1. The number of rotatable bonds is 5. The highest BCUT2D eigenvalue weighted by Crippen LogP contribution is 2.25. The van der Waals surface area contributed by atoms with Crippen molar-refractivity contribution in [1.29, 1.82) is 0 Å². The predicted octanol–water partition coefficient (Wildman–Crippen LogP) is 2.43. The molecule has 14 heavy (non-hydrogen) atoms. The van der Waals surface area contributed by atoms with E-state index in [4.69, 9.17) is 0 Å². The summed E-state index contributed by atoms with van der Waals surface area (Å²) in [4.78, 5) is 4.25. The summed E-state index contributed by atoms with van der Waals surface area (Å²) in [5, 5.41) is 5.03. The molecule has 0 radical (unpaired) electrons. The molecule has 1 rings (SSSR count). The average molecular weight is 258 g/mol. The van der Waals surface area contributed by atoms with Gasteiger partial charge < -0.3 is 0 Å². The molecule has 3 nitrogen and oxygen atoms in total. The van der Waals surface area contributed by atoms with Crippen molar-refractivity contribution >= 4 is 15.9 Å². The van der Waals surface area contributed by atoms with Crippen molar-refractivity contribution < 1.29 is 0 Å². The molecule has 0 spiro atoms. The second kappa shape index (κ2) is 4.73. The van der Waals surface area contributed by atoms with Crippen molar-refractivity contribution in [2.75, 3.05) is 5.33 Å². The maximum Gasteiger partial charge on any atom is 0.138 e. The molecule has 0 aromatic carbocycles. The van der Waals surface area contributed by atoms with Gasteiger partial charge in [-0.05, 0) is 6.92 Å². The monoisotopic (exact) mass is 257 g/mol. The van der Waals surface area contributed by atoms with Gasteiger partial charge in [-0.2, -0.15) is 5.10 Å². The van der Waals surface area contributed by atoms with Gasteiger partial charge in [0, 0.05) is 23.7 Å². The standard InChI is InChI=1S/C10H16BrN3/c1-4-10(3,7-11)6-9-12-8-13-14(9)5-2/h4,8H,1,5-7H2,2-3H3. The van der Waals surface area contributed by atoms with Crippen molar-refractivity contribution in [3.63, 3.8) is 0 Å². The van der Waals surface area contributed by atoms with E-state index in [1.807, 2.05) is 10.8 Å². The molecule has 1 atom stereocenters. The van der Waals surface area contributed by atoms with Crippen molar-refractivity contribution in [3.05, 3.63) is 24.8 Å². The van der Waals surface area contributed by atoms with Crippen LogP contribution in [-0.2, 0) is 13.0 Å². The summed E-state index contributed by atoms with van der Waals surface area (Å²) in [6, 6.07) is 0. The van der Waals surface area contributed by atoms with E-state index in [1.165, 1.54) is 0 Å². The molecule has 0 aliphatic rings. The molecule has 0 saturated heterocycles. The first-order chi connectivity index (χ1) is 6.65. The van der Waals surface area contributed by atoms with Gasteiger partial charge in [-0.1, -0.05) is 28.9 Å². The smallest absolute Gasteiger partial charge is 0.138 e. The zero-order valence-electron chi connectivity index (χ0n) is 8.70. The summed E-state index contributed by atoms with van der Waals surface area (Å²) in [5.41, 5.74) is 0.0555. The molecule has 0 bridgehead atoms. The average Bonchev–Trinajstić information content (AvgIpc) is 2.65. The molecule has 0 amide bonds. The summed E-state index contributed by atoms with van der Waals surface area (Å²) in [7, 11) is 0. The highest BCUT2D eigenvalue weighted by Gasteiger charge is 2.21. The minimum absolute atomic E-state index is 0.0555. The van der Waals surface area contributed by atoms with Crippen LogP contribution in [0.15, 0.2) is 19.0 Å².